The van der Waals surface area contributed by atoms with Crippen molar-refractivity contribution < 1.29 is 23.7 Å². The van der Waals surface area contributed by atoms with Crippen LogP contribution in [0.15, 0.2) is 11.0 Å². The van der Waals surface area contributed by atoms with Crippen LogP contribution in [0.5, 0.6) is 0 Å². The van der Waals surface area contributed by atoms with Gasteiger partial charge in [-0.15, -0.1) is 0 Å². The predicted molar refractivity (Wildman–Crippen MR) is 83.8 cm³/mol. The summed E-state index contributed by atoms with van der Waals surface area (Å²) in [5.41, 5.74) is 1.50. The van der Waals surface area contributed by atoms with Crippen LogP contribution in [0.2, 0.25) is 0 Å². The zero-order valence-electron chi connectivity index (χ0n) is 12.7. The van der Waals surface area contributed by atoms with Crippen molar-refractivity contribution >= 4 is 28.6 Å². The topological polar surface area (TPSA) is 126 Å². The molecule has 5 N–H and O–H groups in total. The molecule has 1 fully saturated rings. The van der Waals surface area contributed by atoms with Gasteiger partial charge in [0.2, 0.25) is 11.6 Å². The number of ether oxygens (including phenoxy) is 1. The number of aliphatic hydroxyl groups is 2. The van der Waals surface area contributed by atoms with Gasteiger partial charge in [0.1, 0.15) is 17.6 Å². The summed E-state index contributed by atoms with van der Waals surface area (Å²) in [6.45, 7) is 1.28. The number of H-pyrrole nitrogens is 1. The van der Waals surface area contributed by atoms with E-state index in [0.717, 1.165) is 10.8 Å². The van der Waals surface area contributed by atoms with Crippen LogP contribution in [0.4, 0.5) is 14.7 Å². The van der Waals surface area contributed by atoms with E-state index in [2.05, 4.69) is 9.97 Å². The van der Waals surface area contributed by atoms with E-state index in [0.29, 0.717) is 0 Å². The molecule has 0 spiro atoms. The number of alkyl halides is 1. The van der Waals surface area contributed by atoms with Crippen molar-refractivity contribution in [1.82, 2.24) is 14.5 Å². The number of aliphatic hydroxyl groups excluding tert-OH is 2. The van der Waals surface area contributed by atoms with Gasteiger partial charge in [0.25, 0.3) is 5.56 Å². The summed E-state index contributed by atoms with van der Waals surface area (Å²) in [5, 5.41) is 21.2. The summed E-state index contributed by atoms with van der Waals surface area (Å²) >= 11 is 5.29. The van der Waals surface area contributed by atoms with Gasteiger partial charge in [-0.25, -0.2) is 8.78 Å². The van der Waals surface area contributed by atoms with Gasteiger partial charge in [0, 0.05) is 11.6 Å². The molecule has 8 nitrogen and oxygen atoms in total. The Hall–Kier alpha value is -2.19. The lowest BCUT2D eigenvalue weighted by Gasteiger charge is -2.24. The van der Waals surface area contributed by atoms with Crippen molar-refractivity contribution in [3.05, 3.63) is 22.4 Å². The molecule has 0 aliphatic carbocycles. The molecule has 25 heavy (non-hydrogen) atoms. The van der Waals surface area contributed by atoms with Gasteiger partial charge in [0.15, 0.2) is 17.7 Å². The van der Waals surface area contributed by atoms with Crippen molar-refractivity contribution in [3.8, 4) is 11.3 Å². The molecule has 3 heterocycles. The van der Waals surface area contributed by atoms with E-state index in [1.54, 1.807) is 0 Å². The third kappa shape index (κ3) is 2.56. The summed E-state index contributed by atoms with van der Waals surface area (Å²) in [7, 11) is 0. The highest BCUT2D eigenvalue weighted by molar-refractivity contribution is 6.30. The van der Waals surface area contributed by atoms with Crippen LogP contribution in [0.25, 0.3) is 11.0 Å². The van der Waals surface area contributed by atoms with Crippen LogP contribution in [-0.4, -0.2) is 48.7 Å². The van der Waals surface area contributed by atoms with Gasteiger partial charge in [-0.1, -0.05) is 0 Å². The van der Waals surface area contributed by atoms with Gasteiger partial charge in [0.05, 0.1) is 6.10 Å². The second kappa shape index (κ2) is 5.96. The second-order valence-electron chi connectivity index (χ2n) is 5.66. The Labute approximate surface area is 144 Å². The standard InChI is InChI=1S/C14H13ClF2N4O4/c1-5(22)8-9(23)14(17,2-3-15)12(25-8)21-4-6(16)7-10(21)19-13(18)20-11(7)24/h4-5,8-9,12,22-23H,1H3,(H3,18,19,20,24)/t5-,8-,9?,12-,14-/m1/s1. The number of aromatic nitrogens is 3. The maximum absolute atomic E-state index is 15.4. The molecule has 2 aromatic rings. The fourth-order valence-electron chi connectivity index (χ4n) is 2.87. The molecule has 0 aromatic carbocycles. The fraction of sp³-hybridized carbons (Fsp3) is 0.429. The SMILES string of the molecule is C[C@@H](O)[C@H]1O[C@@H](n2cc(F)c3c(=O)[nH]c(N)nc32)[C@@](F)(C#CCl)C1O. The maximum Gasteiger partial charge on any atom is 0.264 e. The molecular formula is C14H13ClF2N4O4. The van der Waals surface area contributed by atoms with E-state index >= 15 is 4.39 Å². The van der Waals surface area contributed by atoms with Crippen molar-refractivity contribution in [2.75, 3.05) is 5.73 Å². The molecule has 0 amide bonds. The Bertz CT molecular complexity index is 950. The number of nitrogens with one attached hydrogen (secondary N) is 1. The van der Waals surface area contributed by atoms with Crippen LogP contribution < -0.4 is 11.3 Å². The van der Waals surface area contributed by atoms with Crippen molar-refractivity contribution in [3.63, 3.8) is 0 Å². The highest BCUT2D eigenvalue weighted by Gasteiger charge is 2.59. The number of nitrogen functional groups attached to an aromatic ring is 1. The van der Waals surface area contributed by atoms with Gasteiger partial charge < -0.3 is 20.7 Å². The molecule has 1 unspecified atom stereocenters. The number of nitrogens with two attached hydrogens (primary N) is 1. The highest BCUT2D eigenvalue weighted by atomic mass is 35.5. The van der Waals surface area contributed by atoms with Crippen molar-refractivity contribution in [2.24, 2.45) is 0 Å². The monoisotopic (exact) mass is 374 g/mol. The normalized spacial score (nSPS) is 30.2. The van der Waals surface area contributed by atoms with Crippen LogP contribution in [0.1, 0.15) is 13.2 Å². The second-order valence-corrected chi connectivity index (χ2v) is 5.85. The molecule has 3 rings (SSSR count). The van der Waals surface area contributed by atoms with Crippen LogP contribution in [-0.2, 0) is 4.74 Å². The molecular weight excluding hydrogens is 362 g/mol. The number of anilines is 1. The predicted octanol–water partition coefficient (Wildman–Crippen LogP) is -0.00700. The van der Waals surface area contributed by atoms with E-state index in [4.69, 9.17) is 22.1 Å². The largest absolute Gasteiger partial charge is 0.391 e. The zero-order chi connectivity index (χ0) is 18.5. The minimum absolute atomic E-state index is 0.305. The fourth-order valence-corrected chi connectivity index (χ4v) is 3.01. The number of halogens is 3. The molecule has 0 bridgehead atoms. The molecule has 2 aromatic heterocycles. The smallest absolute Gasteiger partial charge is 0.264 e. The average molecular weight is 375 g/mol. The van der Waals surface area contributed by atoms with Crippen molar-refractivity contribution in [1.29, 1.82) is 0 Å². The van der Waals surface area contributed by atoms with Crippen molar-refractivity contribution in [2.45, 2.75) is 37.1 Å². The molecule has 1 saturated heterocycles. The summed E-state index contributed by atoms with van der Waals surface area (Å²) < 4.78 is 35.8. The lowest BCUT2D eigenvalue weighted by Crippen LogP contribution is -2.44. The first-order valence-electron chi connectivity index (χ1n) is 7.09. The van der Waals surface area contributed by atoms with Gasteiger partial charge in [-0.2, -0.15) is 4.98 Å². The molecule has 11 heteroatoms. The average Bonchev–Trinajstić information content (AvgIpc) is 2.96. The Balaban J connectivity index is 2.25. The third-order valence-corrected chi connectivity index (χ3v) is 4.10. The third-order valence-electron chi connectivity index (χ3n) is 4.01. The summed E-state index contributed by atoms with van der Waals surface area (Å²) in [4.78, 5) is 17.8. The lowest BCUT2D eigenvalue weighted by atomic mass is 9.95. The zero-order valence-corrected chi connectivity index (χ0v) is 13.5. The summed E-state index contributed by atoms with van der Waals surface area (Å²) in [6, 6.07) is 0. The van der Waals surface area contributed by atoms with Crippen LogP contribution >= 0.6 is 11.6 Å². The van der Waals surface area contributed by atoms with Gasteiger partial charge in [-0.3, -0.25) is 14.3 Å². The molecule has 1 aliphatic rings. The Morgan fingerprint density at radius 2 is 2.32 bits per heavy atom. The number of nitrogens with zero attached hydrogens (tertiary/aromatic N) is 2. The number of aromatic amines is 1. The lowest BCUT2D eigenvalue weighted by molar-refractivity contribution is -0.0776. The van der Waals surface area contributed by atoms with E-state index < -0.39 is 47.0 Å². The summed E-state index contributed by atoms with van der Waals surface area (Å²) in [5.74, 6) is 0.661. The highest BCUT2D eigenvalue weighted by Crippen LogP contribution is 2.43. The van der Waals surface area contributed by atoms with Crippen LogP contribution in [0, 0.1) is 17.1 Å². The number of fused-ring (bicyclic) bond motifs is 1. The van der Waals surface area contributed by atoms with E-state index in [1.807, 2.05) is 11.3 Å². The first kappa shape index (κ1) is 17.6. The molecule has 5 atom stereocenters. The van der Waals surface area contributed by atoms with E-state index in [-0.39, 0.29) is 11.6 Å². The maximum atomic E-state index is 15.4. The minimum atomic E-state index is -2.79. The molecule has 1 aliphatic heterocycles. The Kier molecular flexibility index (Phi) is 4.20. The Morgan fingerprint density at radius 3 is 2.92 bits per heavy atom. The quantitative estimate of drug-likeness (QED) is 0.548. The van der Waals surface area contributed by atoms with E-state index in [1.165, 1.54) is 6.92 Å². The first-order valence-corrected chi connectivity index (χ1v) is 7.47. The molecule has 134 valence electrons. The minimum Gasteiger partial charge on any atom is -0.391 e. The van der Waals surface area contributed by atoms with Gasteiger partial charge >= 0.3 is 0 Å². The number of hydrogen-bond acceptors (Lipinski definition) is 6. The number of hydrogen-bond donors (Lipinski definition) is 4. The van der Waals surface area contributed by atoms with Gasteiger partial charge in [-0.05, 0) is 24.4 Å². The molecule has 0 saturated carbocycles. The first-order chi connectivity index (χ1) is 11.7. The summed E-state index contributed by atoms with van der Waals surface area (Å²) in [6.07, 6.45) is -5.47. The van der Waals surface area contributed by atoms with Crippen LogP contribution in [0.3, 0.4) is 0 Å². The Morgan fingerprint density at radius 1 is 1.64 bits per heavy atom. The van der Waals surface area contributed by atoms with E-state index in [9.17, 15) is 19.4 Å². The molecule has 0 radical (unpaired) electrons. The number of rotatable bonds is 2.